The highest BCUT2D eigenvalue weighted by Gasteiger charge is 2.18. The van der Waals surface area contributed by atoms with E-state index in [1.165, 1.54) is 0 Å². The van der Waals surface area contributed by atoms with Crippen molar-refractivity contribution in [2.75, 3.05) is 0 Å². The number of rotatable bonds is 5. The summed E-state index contributed by atoms with van der Waals surface area (Å²) in [5.74, 6) is -2.01. The Labute approximate surface area is 178 Å². The number of nitrogens with zero attached hydrogens (tertiary/aromatic N) is 3. The number of benzene rings is 3. The molecule has 154 valence electrons. The highest BCUT2D eigenvalue weighted by molar-refractivity contribution is 6.35. The zero-order chi connectivity index (χ0) is 21.6. The molecule has 0 bridgehead atoms. The van der Waals surface area contributed by atoms with Crippen LogP contribution in [0.2, 0.25) is 0 Å². The van der Waals surface area contributed by atoms with Crippen molar-refractivity contribution in [3.8, 4) is 5.88 Å². The van der Waals surface area contributed by atoms with E-state index in [0.717, 1.165) is 16.6 Å². The normalized spacial score (nSPS) is 11.1. The molecule has 7 nitrogen and oxygen atoms in total. The third kappa shape index (κ3) is 4.51. The topological polar surface area (TPSA) is 96.0 Å². The first kappa shape index (κ1) is 20.0. The molecular formula is C24H20N4O3. The van der Waals surface area contributed by atoms with E-state index in [1.807, 2.05) is 78.9 Å². The highest BCUT2D eigenvalue weighted by atomic mass is 16.3. The molecule has 3 aromatic carbocycles. The molecule has 0 spiro atoms. The Balaban J connectivity index is 1.55. The monoisotopic (exact) mass is 412 g/mol. The van der Waals surface area contributed by atoms with Crippen LogP contribution in [-0.2, 0) is 22.7 Å². The van der Waals surface area contributed by atoms with Crippen LogP contribution in [0, 0.1) is 0 Å². The van der Waals surface area contributed by atoms with Gasteiger partial charge >= 0.3 is 11.8 Å². The van der Waals surface area contributed by atoms with Crippen LogP contribution in [0.5, 0.6) is 5.88 Å². The lowest BCUT2D eigenvalue weighted by Gasteiger charge is -2.06. The third-order valence-electron chi connectivity index (χ3n) is 4.83. The molecule has 4 rings (SSSR count). The summed E-state index contributed by atoms with van der Waals surface area (Å²) < 4.78 is 1.69. The summed E-state index contributed by atoms with van der Waals surface area (Å²) in [6.07, 6.45) is 0. The quantitative estimate of drug-likeness (QED) is 0.377. The first-order chi connectivity index (χ1) is 15.1. The molecule has 1 heterocycles. The van der Waals surface area contributed by atoms with E-state index < -0.39 is 11.8 Å². The summed E-state index contributed by atoms with van der Waals surface area (Å²) in [5, 5.41) is 21.4. The second kappa shape index (κ2) is 9.04. The highest BCUT2D eigenvalue weighted by Crippen LogP contribution is 2.39. The first-order valence-electron chi connectivity index (χ1n) is 9.75. The number of carbonyl (C=O) groups is 2. The van der Waals surface area contributed by atoms with Crippen molar-refractivity contribution in [1.29, 1.82) is 0 Å². The number of aromatic nitrogens is 1. The number of hydrogen-bond acceptors (Lipinski definition) is 4. The van der Waals surface area contributed by atoms with Crippen LogP contribution in [0.15, 0.2) is 95.2 Å². The Morgan fingerprint density at radius 3 is 2.16 bits per heavy atom. The van der Waals surface area contributed by atoms with Gasteiger partial charge in [0.1, 0.15) is 0 Å². The van der Waals surface area contributed by atoms with E-state index in [0.29, 0.717) is 11.9 Å². The van der Waals surface area contributed by atoms with Gasteiger partial charge in [-0.1, -0.05) is 78.9 Å². The fraction of sp³-hybridized carbons (Fsp3) is 0.0833. The Kier molecular flexibility index (Phi) is 5.84. The number of azo groups is 1. The van der Waals surface area contributed by atoms with E-state index >= 15 is 0 Å². The molecule has 0 saturated carbocycles. The molecule has 0 saturated heterocycles. The third-order valence-corrected chi connectivity index (χ3v) is 4.83. The summed E-state index contributed by atoms with van der Waals surface area (Å²) in [6.45, 7) is 0.636. The average molecular weight is 412 g/mol. The van der Waals surface area contributed by atoms with Crippen molar-refractivity contribution in [3.63, 3.8) is 0 Å². The summed E-state index contributed by atoms with van der Waals surface area (Å²) in [4.78, 5) is 24.2. The maximum Gasteiger partial charge on any atom is 0.353 e. The van der Waals surface area contributed by atoms with Gasteiger partial charge in [0.15, 0.2) is 5.69 Å². The summed E-state index contributed by atoms with van der Waals surface area (Å²) in [7, 11) is 0. The fourth-order valence-electron chi connectivity index (χ4n) is 3.29. The molecule has 0 atom stereocenters. The SMILES string of the molecule is O=C(N=Nc1c(O)n(Cc2ccccc2)c2ccccc12)C(=O)NCc1ccccc1. The van der Waals surface area contributed by atoms with E-state index in [4.69, 9.17) is 0 Å². The molecule has 4 aromatic rings. The predicted molar refractivity (Wildman–Crippen MR) is 117 cm³/mol. The average Bonchev–Trinajstić information content (AvgIpc) is 3.08. The maximum atomic E-state index is 12.1. The standard InChI is InChI=1S/C24H20N4O3/c29-22(25-15-17-9-3-1-4-10-17)23(30)27-26-21-19-13-7-8-14-20(19)28(24(21)31)16-18-11-5-2-6-12-18/h1-14,31H,15-16H2,(H,25,29). The van der Waals surface area contributed by atoms with E-state index in [-0.39, 0.29) is 18.1 Å². The molecule has 0 aliphatic rings. The Morgan fingerprint density at radius 1 is 0.839 bits per heavy atom. The van der Waals surface area contributed by atoms with Gasteiger partial charge in [-0.2, -0.15) is 0 Å². The number of carbonyl (C=O) groups excluding carboxylic acids is 2. The molecule has 2 N–H and O–H groups in total. The lowest BCUT2D eigenvalue weighted by atomic mass is 10.2. The van der Waals surface area contributed by atoms with Gasteiger partial charge in [0.25, 0.3) is 0 Å². The van der Waals surface area contributed by atoms with Crippen molar-refractivity contribution in [1.82, 2.24) is 9.88 Å². The van der Waals surface area contributed by atoms with Crippen LogP contribution in [0.1, 0.15) is 11.1 Å². The predicted octanol–water partition coefficient (Wildman–Crippen LogP) is 4.32. The van der Waals surface area contributed by atoms with Gasteiger partial charge in [-0.3, -0.25) is 9.59 Å². The molecule has 0 unspecified atom stereocenters. The molecule has 1 aromatic heterocycles. The van der Waals surface area contributed by atoms with Gasteiger partial charge in [0, 0.05) is 11.9 Å². The van der Waals surface area contributed by atoms with Crippen molar-refractivity contribution >= 4 is 28.4 Å². The Bertz CT molecular complexity index is 1250. The maximum absolute atomic E-state index is 12.1. The number of hydrogen-bond donors (Lipinski definition) is 2. The van der Waals surface area contributed by atoms with E-state index in [2.05, 4.69) is 15.5 Å². The van der Waals surface area contributed by atoms with Crippen LogP contribution >= 0.6 is 0 Å². The van der Waals surface area contributed by atoms with Crippen molar-refractivity contribution < 1.29 is 14.7 Å². The summed E-state index contributed by atoms with van der Waals surface area (Å²) in [6, 6.07) is 26.2. The Hall–Kier alpha value is -4.26. The lowest BCUT2D eigenvalue weighted by molar-refractivity contribution is -0.137. The summed E-state index contributed by atoms with van der Waals surface area (Å²) >= 11 is 0. The van der Waals surface area contributed by atoms with Crippen molar-refractivity contribution in [2.24, 2.45) is 10.2 Å². The van der Waals surface area contributed by atoms with Crippen molar-refractivity contribution in [2.45, 2.75) is 13.1 Å². The molecule has 0 aliphatic heterocycles. The van der Waals surface area contributed by atoms with Crippen molar-refractivity contribution in [3.05, 3.63) is 96.1 Å². The summed E-state index contributed by atoms with van der Waals surface area (Å²) in [5.41, 5.74) is 2.76. The zero-order valence-corrected chi connectivity index (χ0v) is 16.6. The van der Waals surface area contributed by atoms with Crippen LogP contribution < -0.4 is 5.32 Å². The van der Waals surface area contributed by atoms with Crippen LogP contribution in [0.3, 0.4) is 0 Å². The molecule has 0 fully saturated rings. The second-order valence-corrected chi connectivity index (χ2v) is 6.93. The van der Waals surface area contributed by atoms with Crippen LogP contribution in [-0.4, -0.2) is 21.5 Å². The second-order valence-electron chi connectivity index (χ2n) is 6.93. The minimum Gasteiger partial charge on any atom is -0.493 e. The smallest absolute Gasteiger partial charge is 0.353 e. The fourth-order valence-corrected chi connectivity index (χ4v) is 3.29. The van der Waals surface area contributed by atoms with Crippen LogP contribution in [0.4, 0.5) is 5.69 Å². The molecule has 2 amide bonds. The lowest BCUT2D eigenvalue weighted by Crippen LogP contribution is -2.29. The first-order valence-corrected chi connectivity index (χ1v) is 9.75. The van der Waals surface area contributed by atoms with E-state index in [1.54, 1.807) is 10.6 Å². The largest absolute Gasteiger partial charge is 0.493 e. The van der Waals surface area contributed by atoms with Gasteiger partial charge in [-0.15, -0.1) is 10.2 Å². The van der Waals surface area contributed by atoms with Gasteiger partial charge in [-0.25, -0.2) is 0 Å². The van der Waals surface area contributed by atoms with E-state index in [9.17, 15) is 14.7 Å². The number of fused-ring (bicyclic) bond motifs is 1. The molecule has 7 heteroatoms. The zero-order valence-electron chi connectivity index (χ0n) is 16.6. The molecule has 0 aliphatic carbocycles. The number of aromatic hydroxyl groups is 1. The molecule has 0 radical (unpaired) electrons. The number of amides is 2. The molecule has 31 heavy (non-hydrogen) atoms. The molecular weight excluding hydrogens is 392 g/mol. The van der Waals surface area contributed by atoms with Gasteiger partial charge in [-0.05, 0) is 17.2 Å². The number of nitrogens with one attached hydrogen (secondary N) is 1. The Morgan fingerprint density at radius 2 is 1.45 bits per heavy atom. The number of para-hydroxylation sites is 1. The van der Waals surface area contributed by atoms with Gasteiger partial charge < -0.3 is 15.0 Å². The minimum atomic E-state index is -1.03. The van der Waals surface area contributed by atoms with Gasteiger partial charge in [0.05, 0.1) is 12.1 Å². The minimum absolute atomic E-state index is 0.119. The van der Waals surface area contributed by atoms with Crippen LogP contribution in [0.25, 0.3) is 10.9 Å². The van der Waals surface area contributed by atoms with Gasteiger partial charge in [0.2, 0.25) is 5.88 Å².